The second-order valence-electron chi connectivity index (χ2n) is 21.9. The van der Waals surface area contributed by atoms with Crippen molar-refractivity contribution in [3.05, 3.63) is 0 Å². The van der Waals surface area contributed by atoms with Gasteiger partial charge >= 0.3 is 0 Å². The van der Waals surface area contributed by atoms with Crippen molar-refractivity contribution in [2.24, 2.45) is 49.7 Å². The first-order valence-corrected chi connectivity index (χ1v) is 23.0. The molecule has 2 aliphatic heterocycles. The van der Waals surface area contributed by atoms with E-state index in [1.54, 1.807) is 0 Å². The molecule has 4 atom stereocenters. The molecule has 4 unspecified atom stereocenters. The van der Waals surface area contributed by atoms with Crippen LogP contribution in [-0.2, 0) is 19.6 Å². The highest BCUT2D eigenvalue weighted by atomic mass is 17.4. The molecular formula is C48H90O4. The Labute approximate surface area is 324 Å². The molecule has 4 nitrogen and oxygen atoms in total. The third-order valence-corrected chi connectivity index (χ3v) is 17.3. The lowest BCUT2D eigenvalue weighted by Gasteiger charge is -2.76. The van der Waals surface area contributed by atoms with E-state index in [0.717, 1.165) is 25.7 Å². The Morgan fingerprint density at radius 3 is 1.00 bits per heavy atom. The van der Waals surface area contributed by atoms with Crippen LogP contribution in [0.4, 0.5) is 0 Å². The first-order chi connectivity index (χ1) is 24.3. The minimum absolute atomic E-state index is 0.0534. The highest BCUT2D eigenvalue weighted by molar-refractivity contribution is 5.23. The van der Waals surface area contributed by atoms with E-state index < -0.39 is 0 Å². The van der Waals surface area contributed by atoms with E-state index in [1.807, 2.05) is 0 Å². The molecule has 4 aliphatic rings. The molecule has 4 fully saturated rings. The minimum Gasteiger partial charge on any atom is -0.195 e. The quantitative estimate of drug-likeness (QED) is 0.0597. The Kier molecular flexibility index (Phi) is 14.3. The van der Waals surface area contributed by atoms with Crippen LogP contribution in [0.15, 0.2) is 0 Å². The van der Waals surface area contributed by atoms with E-state index >= 15 is 0 Å². The van der Waals surface area contributed by atoms with Gasteiger partial charge in [-0.15, -0.1) is 0 Å². The molecule has 0 aromatic heterocycles. The van der Waals surface area contributed by atoms with E-state index in [1.165, 1.54) is 122 Å². The highest BCUT2D eigenvalue weighted by Crippen LogP contribution is 2.82. The van der Waals surface area contributed by atoms with Crippen molar-refractivity contribution in [2.45, 2.75) is 256 Å². The van der Waals surface area contributed by atoms with Gasteiger partial charge in [-0.1, -0.05) is 174 Å². The van der Waals surface area contributed by atoms with Crippen LogP contribution in [0.25, 0.3) is 0 Å². The van der Waals surface area contributed by atoms with Crippen LogP contribution in [0.1, 0.15) is 245 Å². The molecule has 4 heteroatoms. The summed E-state index contributed by atoms with van der Waals surface area (Å²) in [4.78, 5) is 24.3. The molecule has 0 amide bonds. The molecule has 2 heterocycles. The smallest absolute Gasteiger partial charge is 0.195 e. The van der Waals surface area contributed by atoms with Crippen LogP contribution in [-0.4, -0.2) is 11.6 Å². The van der Waals surface area contributed by atoms with Gasteiger partial charge in [0, 0.05) is 25.7 Å². The molecule has 0 N–H and O–H groups in total. The van der Waals surface area contributed by atoms with Crippen molar-refractivity contribution in [3.8, 4) is 0 Å². The fourth-order valence-corrected chi connectivity index (χ4v) is 14.2. The SMILES string of the molecule is CCCCCC(C)(C)C1CC2(CCC1(C(C)(C)CCCCC)C(C)(CC)C1(C(C)(C)CCCCC)CCC3(CC1C(C)(C)CCCCC)OO3)OO2. The average molecular weight is 731 g/mol. The Morgan fingerprint density at radius 2 is 0.731 bits per heavy atom. The molecule has 306 valence electrons. The molecule has 2 aliphatic carbocycles. The molecule has 0 radical (unpaired) electrons. The van der Waals surface area contributed by atoms with Crippen molar-refractivity contribution >= 4 is 0 Å². The van der Waals surface area contributed by atoms with E-state index in [4.69, 9.17) is 19.6 Å². The van der Waals surface area contributed by atoms with Crippen LogP contribution < -0.4 is 0 Å². The molecule has 2 saturated carbocycles. The second kappa shape index (κ2) is 16.7. The zero-order chi connectivity index (χ0) is 38.7. The van der Waals surface area contributed by atoms with Crippen molar-refractivity contribution in [1.82, 2.24) is 0 Å². The van der Waals surface area contributed by atoms with Crippen molar-refractivity contribution in [1.29, 1.82) is 0 Å². The van der Waals surface area contributed by atoms with Gasteiger partial charge in [0.15, 0.2) is 0 Å². The largest absolute Gasteiger partial charge is 0.234 e. The van der Waals surface area contributed by atoms with E-state index in [9.17, 15) is 0 Å². The Hall–Kier alpha value is -0.160. The fraction of sp³-hybridized carbons (Fsp3) is 1.00. The molecule has 4 rings (SSSR count). The first-order valence-electron chi connectivity index (χ1n) is 23.0. The highest BCUT2D eigenvalue weighted by Gasteiger charge is 2.78. The van der Waals surface area contributed by atoms with Crippen LogP contribution >= 0.6 is 0 Å². The predicted octanol–water partition coefficient (Wildman–Crippen LogP) is 15.7. The second-order valence-corrected chi connectivity index (χ2v) is 21.9. The van der Waals surface area contributed by atoms with E-state index in [2.05, 4.69) is 96.9 Å². The summed E-state index contributed by atoms with van der Waals surface area (Å²) >= 11 is 0. The maximum absolute atomic E-state index is 6.08. The average Bonchev–Trinajstić information content (AvgIpc) is 4.02. The Morgan fingerprint density at radius 1 is 0.423 bits per heavy atom. The zero-order valence-electron chi connectivity index (χ0n) is 37.6. The Bertz CT molecular complexity index is 1030. The van der Waals surface area contributed by atoms with Crippen molar-refractivity contribution in [3.63, 3.8) is 0 Å². The van der Waals surface area contributed by atoms with Gasteiger partial charge in [-0.05, 0) is 94.7 Å². The number of unbranched alkanes of at least 4 members (excludes halogenated alkanes) is 8. The summed E-state index contributed by atoms with van der Waals surface area (Å²) in [5.41, 5.74) is 0.839. The lowest BCUT2D eigenvalue weighted by Crippen LogP contribution is -2.71. The summed E-state index contributed by atoms with van der Waals surface area (Å²) in [6.07, 6.45) is 28.4. The molecule has 2 spiro atoms. The van der Waals surface area contributed by atoms with Crippen LogP contribution in [0.3, 0.4) is 0 Å². The fourth-order valence-electron chi connectivity index (χ4n) is 14.2. The standard InChI is InChI=1S/C48H90O4/c1-15-20-24-28-40(6,7)38-36-45(49-50-45)32-34-47(38,42(10,11)30-26-22-17-3)44(14,19-5)48(43(12,13)31-27-23-18-4)35-33-46(51-52-46)37-39(48)41(8,9)29-25-21-16-2/h38-39H,15-37H2,1-14H3. The molecular weight excluding hydrogens is 641 g/mol. The molecule has 0 bridgehead atoms. The van der Waals surface area contributed by atoms with Crippen molar-refractivity contribution in [2.75, 3.05) is 0 Å². The Balaban J connectivity index is 2.08. The summed E-state index contributed by atoms with van der Waals surface area (Å²) in [7, 11) is 0. The van der Waals surface area contributed by atoms with Gasteiger partial charge in [0.05, 0.1) is 0 Å². The predicted molar refractivity (Wildman–Crippen MR) is 219 cm³/mol. The van der Waals surface area contributed by atoms with E-state index in [0.29, 0.717) is 11.8 Å². The first kappa shape index (κ1) is 44.6. The monoisotopic (exact) mass is 731 g/mol. The summed E-state index contributed by atoms with van der Waals surface area (Å²) in [5.74, 6) is 0.232. The molecule has 0 aromatic rings. The van der Waals surface area contributed by atoms with E-state index in [-0.39, 0.29) is 49.5 Å². The molecule has 2 saturated heterocycles. The van der Waals surface area contributed by atoms with Gasteiger partial charge < -0.3 is 0 Å². The third kappa shape index (κ3) is 8.14. The third-order valence-electron chi connectivity index (χ3n) is 17.3. The number of rotatable bonds is 23. The summed E-state index contributed by atoms with van der Waals surface area (Å²) in [6.45, 7) is 36.6. The van der Waals surface area contributed by atoms with Gasteiger partial charge in [-0.3, -0.25) is 0 Å². The maximum Gasteiger partial charge on any atom is 0.234 e. The normalized spacial score (nSPS) is 30.1. The topological polar surface area (TPSA) is 50.1 Å². The maximum atomic E-state index is 6.08. The van der Waals surface area contributed by atoms with Gasteiger partial charge in [0.1, 0.15) is 0 Å². The van der Waals surface area contributed by atoms with Crippen LogP contribution in [0.2, 0.25) is 0 Å². The summed E-state index contributed by atoms with van der Waals surface area (Å²) in [6, 6.07) is 0. The minimum atomic E-state index is -0.376. The van der Waals surface area contributed by atoms with Crippen LogP contribution in [0.5, 0.6) is 0 Å². The zero-order valence-corrected chi connectivity index (χ0v) is 37.6. The van der Waals surface area contributed by atoms with Crippen LogP contribution in [0, 0.1) is 49.7 Å². The van der Waals surface area contributed by atoms with Crippen molar-refractivity contribution < 1.29 is 19.6 Å². The van der Waals surface area contributed by atoms with Gasteiger partial charge in [0.2, 0.25) is 11.6 Å². The van der Waals surface area contributed by atoms with Gasteiger partial charge in [-0.25, -0.2) is 0 Å². The summed E-state index contributed by atoms with van der Waals surface area (Å²) < 4.78 is 0. The van der Waals surface area contributed by atoms with Gasteiger partial charge in [-0.2, -0.15) is 19.6 Å². The number of hydrogen-bond acceptors (Lipinski definition) is 4. The molecule has 0 aromatic carbocycles. The molecule has 52 heavy (non-hydrogen) atoms. The number of hydrogen-bond donors (Lipinski definition) is 0. The summed E-state index contributed by atoms with van der Waals surface area (Å²) in [5, 5.41) is 0. The lowest BCUT2D eigenvalue weighted by molar-refractivity contribution is -0.292. The lowest BCUT2D eigenvalue weighted by atomic mass is 9.27. The van der Waals surface area contributed by atoms with Gasteiger partial charge in [0.25, 0.3) is 0 Å².